The predicted octanol–water partition coefficient (Wildman–Crippen LogP) is 12.3. The summed E-state index contributed by atoms with van der Waals surface area (Å²) in [7, 11) is 0. The largest absolute Gasteiger partial charge is 0.128 e. The number of thiophene rings is 2. The smallest absolute Gasteiger partial charge is 0.0705 e. The molecular formula is C34H45BrS2Sn. The summed E-state index contributed by atoms with van der Waals surface area (Å²) in [6.07, 6.45) is 8.40. The van der Waals surface area contributed by atoms with Crippen molar-refractivity contribution in [2.45, 2.75) is 86.5 Å². The van der Waals surface area contributed by atoms with E-state index in [1.165, 1.54) is 74.3 Å². The molecule has 2 heterocycles. The van der Waals surface area contributed by atoms with E-state index in [1.54, 1.807) is 24.6 Å². The van der Waals surface area contributed by atoms with Crippen molar-refractivity contribution in [2.75, 3.05) is 0 Å². The van der Waals surface area contributed by atoms with Gasteiger partial charge in [-0.15, -0.1) is 11.3 Å². The van der Waals surface area contributed by atoms with E-state index >= 15 is 0 Å². The molecule has 204 valence electrons. The molecule has 0 saturated carbocycles. The van der Waals surface area contributed by atoms with Crippen molar-refractivity contribution in [3.8, 4) is 20.9 Å². The molecule has 0 aliphatic heterocycles. The van der Waals surface area contributed by atoms with Gasteiger partial charge in [-0.1, -0.05) is 29.8 Å². The minimum absolute atomic E-state index is 1.18. The Morgan fingerprint density at radius 1 is 0.553 bits per heavy atom. The number of benzene rings is 2. The predicted molar refractivity (Wildman–Crippen MR) is 181 cm³/mol. The fraction of sp³-hybridized carbons (Fsp3) is 0.412. The minimum Gasteiger partial charge on any atom is -0.128 e. The molecule has 0 saturated heterocycles. The van der Waals surface area contributed by atoms with E-state index in [2.05, 4.69) is 135 Å². The van der Waals surface area contributed by atoms with Crippen molar-refractivity contribution in [3.05, 3.63) is 87.7 Å². The topological polar surface area (TPSA) is 0 Å². The van der Waals surface area contributed by atoms with Crippen molar-refractivity contribution < 1.29 is 0 Å². The molecule has 0 spiro atoms. The van der Waals surface area contributed by atoms with Crippen molar-refractivity contribution >= 4 is 59.9 Å². The third-order valence-electron chi connectivity index (χ3n) is 7.40. The van der Waals surface area contributed by atoms with Gasteiger partial charge in [0.05, 0.1) is 3.79 Å². The fourth-order valence-electron chi connectivity index (χ4n) is 4.97. The van der Waals surface area contributed by atoms with Crippen molar-refractivity contribution in [3.63, 3.8) is 0 Å². The van der Waals surface area contributed by atoms with Gasteiger partial charge in [-0.2, -0.15) is 0 Å². The van der Waals surface area contributed by atoms with Gasteiger partial charge in [-0.3, -0.25) is 0 Å². The van der Waals surface area contributed by atoms with Crippen LogP contribution >= 0.6 is 38.6 Å². The van der Waals surface area contributed by atoms with Crippen LogP contribution in [0.25, 0.3) is 20.9 Å². The van der Waals surface area contributed by atoms with Gasteiger partial charge < -0.3 is 0 Å². The van der Waals surface area contributed by atoms with Gasteiger partial charge in [-0.05, 0) is 40.5 Å². The molecule has 2 aromatic heterocycles. The molecule has 4 rings (SSSR count). The minimum atomic E-state index is -2.24. The molecule has 0 N–H and O–H groups in total. The van der Waals surface area contributed by atoms with Gasteiger partial charge in [0.15, 0.2) is 0 Å². The van der Waals surface area contributed by atoms with E-state index in [4.69, 9.17) is 0 Å². The summed E-state index contributed by atoms with van der Waals surface area (Å²) in [4.78, 5) is 2.80. The molecule has 0 bridgehead atoms. The Labute approximate surface area is 252 Å². The van der Waals surface area contributed by atoms with Crippen molar-refractivity contribution in [1.82, 2.24) is 0 Å². The van der Waals surface area contributed by atoms with E-state index in [0.717, 1.165) is 0 Å². The van der Waals surface area contributed by atoms with E-state index < -0.39 is 18.4 Å². The average molecular weight is 716 g/mol. The third-order valence-corrected chi connectivity index (χ3v) is 28.5. The molecule has 0 amide bonds. The molecule has 0 radical (unpaired) electrons. The van der Waals surface area contributed by atoms with Crippen LogP contribution in [0.1, 0.15) is 70.4 Å². The SMILES string of the molecule is CCC[CH2][Sn]([CH2]CCC)([CH2]CCC)[c]1ccc(-c2ccc(C)cc2)s1.Cc1ccc(-c2ccc(Br)s2)cc1. The maximum atomic E-state index is 3.46. The first-order valence-electron chi connectivity index (χ1n) is 14.4. The van der Waals surface area contributed by atoms with Crippen LogP contribution < -0.4 is 2.89 Å². The summed E-state index contributed by atoms with van der Waals surface area (Å²) < 4.78 is 7.74. The van der Waals surface area contributed by atoms with E-state index in [9.17, 15) is 0 Å². The molecule has 2 aromatic carbocycles. The first kappa shape index (κ1) is 31.6. The molecule has 0 atom stereocenters. The van der Waals surface area contributed by atoms with Gasteiger partial charge in [0, 0.05) is 4.88 Å². The second kappa shape index (κ2) is 16.4. The summed E-state index contributed by atoms with van der Waals surface area (Å²) in [5, 5.41) is 0. The zero-order valence-electron chi connectivity index (χ0n) is 24.0. The number of aryl methyl sites for hydroxylation is 2. The van der Waals surface area contributed by atoms with Crippen LogP contribution in [0.15, 0.2) is 76.6 Å². The average Bonchev–Trinajstić information content (AvgIpc) is 3.60. The number of hydrogen-bond donors (Lipinski definition) is 0. The Kier molecular flexibility index (Phi) is 13.7. The molecule has 4 heteroatoms. The van der Waals surface area contributed by atoms with E-state index in [-0.39, 0.29) is 0 Å². The molecule has 0 nitrogen and oxygen atoms in total. The Bertz CT molecular complexity index is 1180. The monoisotopic (exact) mass is 716 g/mol. The molecule has 4 aromatic rings. The molecule has 0 aliphatic rings. The van der Waals surface area contributed by atoms with Crippen LogP contribution in [0.5, 0.6) is 0 Å². The van der Waals surface area contributed by atoms with Crippen molar-refractivity contribution in [1.29, 1.82) is 0 Å². The van der Waals surface area contributed by atoms with Crippen LogP contribution in [-0.4, -0.2) is 18.4 Å². The van der Waals surface area contributed by atoms with Crippen LogP contribution in [0, 0.1) is 13.8 Å². The number of halogens is 1. The maximum absolute atomic E-state index is 3.46. The third kappa shape index (κ3) is 9.35. The van der Waals surface area contributed by atoms with Crippen LogP contribution in [-0.2, 0) is 0 Å². The fourth-order valence-corrected chi connectivity index (χ4v) is 26.5. The second-order valence-corrected chi connectivity index (χ2v) is 28.3. The molecule has 38 heavy (non-hydrogen) atoms. The van der Waals surface area contributed by atoms with Crippen LogP contribution in [0.4, 0.5) is 0 Å². The summed E-state index contributed by atoms with van der Waals surface area (Å²) >= 11 is 5.13. The quantitative estimate of drug-likeness (QED) is 0.128. The standard InChI is InChI=1S/C11H9BrS.C11H9S.3C4H9.Sn/c1-8-2-4-9(5-3-8)10-6-7-11(12)13-10;1-9-4-6-10(7-5-9)11-3-2-8-12-11;3*1-3-4-2;/h2-7H,1H3;2-7H,1H3;3*1,3-4H2,2H3;. The number of unbranched alkanes of at least 4 members (excludes halogenated alkanes) is 3. The van der Waals surface area contributed by atoms with E-state index in [1.807, 2.05) is 2.89 Å². The molecular weight excluding hydrogens is 671 g/mol. The number of rotatable bonds is 12. The summed E-state index contributed by atoms with van der Waals surface area (Å²) in [5.41, 5.74) is 5.35. The first-order valence-corrected chi connectivity index (χ1v) is 24.3. The zero-order valence-corrected chi connectivity index (χ0v) is 30.1. The normalized spacial score (nSPS) is 11.3. The van der Waals surface area contributed by atoms with Gasteiger partial charge in [0.1, 0.15) is 0 Å². The van der Waals surface area contributed by atoms with Gasteiger partial charge in [-0.25, -0.2) is 0 Å². The molecule has 0 unspecified atom stereocenters. The second-order valence-electron chi connectivity index (χ2n) is 10.6. The van der Waals surface area contributed by atoms with Crippen LogP contribution in [0.2, 0.25) is 13.3 Å². The summed E-state index contributed by atoms with van der Waals surface area (Å²) in [6, 6.07) is 26.9. The Morgan fingerprint density at radius 2 is 0.974 bits per heavy atom. The van der Waals surface area contributed by atoms with Crippen molar-refractivity contribution in [2.24, 2.45) is 0 Å². The summed E-state index contributed by atoms with van der Waals surface area (Å²) in [5.74, 6) is 0. The molecule has 0 fully saturated rings. The summed E-state index contributed by atoms with van der Waals surface area (Å²) in [6.45, 7) is 11.4. The Balaban J connectivity index is 0.000000256. The van der Waals surface area contributed by atoms with Gasteiger partial charge >= 0.3 is 165 Å². The molecule has 0 aliphatic carbocycles. The Morgan fingerprint density at radius 3 is 1.37 bits per heavy atom. The first-order chi connectivity index (χ1) is 18.4. The zero-order chi connectivity index (χ0) is 27.4. The van der Waals surface area contributed by atoms with Gasteiger partial charge in [0.2, 0.25) is 0 Å². The van der Waals surface area contributed by atoms with Crippen LogP contribution in [0.3, 0.4) is 0 Å². The van der Waals surface area contributed by atoms with E-state index in [0.29, 0.717) is 0 Å². The number of hydrogen-bond acceptors (Lipinski definition) is 2. The maximum Gasteiger partial charge on any atom is 0.0705 e. The Hall–Kier alpha value is -0.881. The van der Waals surface area contributed by atoms with Gasteiger partial charge in [0.25, 0.3) is 0 Å².